The van der Waals surface area contributed by atoms with Crippen molar-refractivity contribution in [3.8, 4) is 0 Å². The summed E-state index contributed by atoms with van der Waals surface area (Å²) < 4.78 is 34.5. The van der Waals surface area contributed by atoms with Crippen LogP contribution in [-0.4, -0.2) is 42.1 Å². The SMILES string of the molecule is C[SiH](C)O[Si](C)(C)O[Si](=O)[Si](=O)[SiH](C)C. The normalized spacial score (nSPS) is 12.0. The molecule has 0 bridgehead atoms. The van der Waals surface area contributed by atoms with Crippen molar-refractivity contribution in [2.45, 2.75) is 39.3 Å². The summed E-state index contributed by atoms with van der Waals surface area (Å²) >= 11 is 0. The summed E-state index contributed by atoms with van der Waals surface area (Å²) in [5, 5.41) is 0. The molecule has 0 spiro atoms. The molecule has 88 valence electrons. The van der Waals surface area contributed by atoms with Gasteiger partial charge in [0.1, 0.15) is 0 Å². The van der Waals surface area contributed by atoms with Crippen molar-refractivity contribution in [2.24, 2.45) is 0 Å². The predicted octanol–water partition coefficient (Wildman–Crippen LogP) is 0.689. The third-order valence-corrected chi connectivity index (χ3v) is 22.5. The Bertz CT molecular complexity index is 252. The Morgan fingerprint density at radius 3 is 1.87 bits per heavy atom. The van der Waals surface area contributed by atoms with Crippen molar-refractivity contribution < 1.29 is 17.2 Å². The first-order valence-electron chi connectivity index (χ1n) is 5.10. The van der Waals surface area contributed by atoms with E-state index in [0.29, 0.717) is 0 Å². The molecule has 0 aromatic carbocycles. The van der Waals surface area contributed by atoms with Crippen molar-refractivity contribution in [1.29, 1.82) is 0 Å². The van der Waals surface area contributed by atoms with Crippen molar-refractivity contribution in [3.63, 3.8) is 0 Å². The van der Waals surface area contributed by atoms with Crippen LogP contribution in [0.15, 0.2) is 0 Å². The minimum absolute atomic E-state index is 1.18. The van der Waals surface area contributed by atoms with Crippen LogP contribution in [0.3, 0.4) is 0 Å². The van der Waals surface area contributed by atoms with Gasteiger partial charge in [0, 0.05) is 0 Å². The van der Waals surface area contributed by atoms with Gasteiger partial charge in [0.15, 0.2) is 9.04 Å². The number of rotatable bonds is 6. The van der Waals surface area contributed by atoms with Crippen LogP contribution in [0.25, 0.3) is 0 Å². The van der Waals surface area contributed by atoms with Gasteiger partial charge in [-0.15, -0.1) is 0 Å². The molecule has 15 heavy (non-hydrogen) atoms. The maximum atomic E-state index is 11.7. The van der Waals surface area contributed by atoms with Gasteiger partial charge < -0.3 is 17.2 Å². The largest absolute Gasteiger partial charge is 0.559 e. The molecule has 0 aliphatic heterocycles. The molecule has 0 unspecified atom stereocenters. The minimum Gasteiger partial charge on any atom is -0.559 e. The molecule has 0 heterocycles. The third kappa shape index (κ3) is 6.58. The highest BCUT2D eigenvalue weighted by Crippen LogP contribution is 2.08. The fourth-order valence-electron chi connectivity index (χ4n) is 1.10. The highest BCUT2D eigenvalue weighted by atomic mass is 29.6. The maximum absolute atomic E-state index is 11.7. The van der Waals surface area contributed by atoms with Crippen LogP contribution in [-0.2, 0) is 17.2 Å². The summed E-state index contributed by atoms with van der Waals surface area (Å²) in [7, 11) is -9.11. The first-order valence-corrected chi connectivity index (χ1v) is 18.5. The van der Waals surface area contributed by atoms with Gasteiger partial charge in [-0.2, -0.15) is 0 Å². The van der Waals surface area contributed by atoms with E-state index in [1.807, 2.05) is 26.2 Å². The van der Waals surface area contributed by atoms with E-state index in [4.69, 9.17) is 8.23 Å². The van der Waals surface area contributed by atoms with Crippen molar-refractivity contribution in [2.75, 3.05) is 0 Å². The van der Waals surface area contributed by atoms with E-state index >= 15 is 0 Å². The van der Waals surface area contributed by atoms with Gasteiger partial charge in [0.05, 0.1) is 8.31 Å². The molecule has 0 radical (unpaired) electrons. The quantitative estimate of drug-likeness (QED) is 0.677. The molecule has 0 aromatic heterocycles. The summed E-state index contributed by atoms with van der Waals surface area (Å²) in [6.07, 6.45) is 0. The summed E-state index contributed by atoms with van der Waals surface area (Å²) in [4.78, 5) is 0. The number of hydrogen-bond donors (Lipinski definition) is 0. The highest BCUT2D eigenvalue weighted by molar-refractivity contribution is 7.39. The summed E-state index contributed by atoms with van der Waals surface area (Å²) in [5.41, 5.74) is 0. The zero-order valence-electron chi connectivity index (χ0n) is 10.3. The molecule has 9 heteroatoms. The van der Waals surface area contributed by atoms with Crippen LogP contribution < -0.4 is 0 Å². The Morgan fingerprint density at radius 1 is 1.07 bits per heavy atom. The molecule has 0 rings (SSSR count). The van der Waals surface area contributed by atoms with Crippen molar-refractivity contribution in [3.05, 3.63) is 0 Å². The van der Waals surface area contributed by atoms with Crippen LogP contribution in [0.2, 0.25) is 39.3 Å². The van der Waals surface area contributed by atoms with Crippen molar-refractivity contribution >= 4 is 42.1 Å². The van der Waals surface area contributed by atoms with Crippen LogP contribution in [0.5, 0.6) is 0 Å². The van der Waals surface area contributed by atoms with Gasteiger partial charge in [-0.1, -0.05) is 13.1 Å². The van der Waals surface area contributed by atoms with Gasteiger partial charge >= 0.3 is 24.7 Å². The predicted molar refractivity (Wildman–Crippen MR) is 70.3 cm³/mol. The van der Waals surface area contributed by atoms with E-state index in [2.05, 4.69) is 13.1 Å². The first-order chi connectivity index (χ1) is 6.65. The molecular formula is C6H20O4Si5. The summed E-state index contributed by atoms with van der Waals surface area (Å²) in [6.45, 7) is 11.7. The molecule has 0 fully saturated rings. The fourth-order valence-corrected chi connectivity index (χ4v) is 19.3. The van der Waals surface area contributed by atoms with Gasteiger partial charge in [-0.05, 0) is 26.2 Å². The van der Waals surface area contributed by atoms with Crippen LogP contribution in [0, 0.1) is 0 Å². The zero-order chi connectivity index (χ0) is 12.2. The Hall–Kier alpha value is 0.444. The highest BCUT2D eigenvalue weighted by Gasteiger charge is 2.36. The van der Waals surface area contributed by atoms with E-state index in [1.54, 1.807) is 0 Å². The van der Waals surface area contributed by atoms with Gasteiger partial charge in [-0.25, -0.2) is 0 Å². The monoisotopic (exact) mass is 296 g/mol. The zero-order valence-corrected chi connectivity index (χ0v) is 15.6. The van der Waals surface area contributed by atoms with E-state index in [0.717, 1.165) is 0 Å². The lowest BCUT2D eigenvalue weighted by Crippen LogP contribution is -2.46. The van der Waals surface area contributed by atoms with Crippen LogP contribution in [0.1, 0.15) is 0 Å². The Morgan fingerprint density at radius 2 is 1.53 bits per heavy atom. The molecule has 0 amide bonds. The van der Waals surface area contributed by atoms with E-state index in [1.165, 1.54) is 0 Å². The average Bonchev–Trinajstić information content (AvgIpc) is 1.98. The van der Waals surface area contributed by atoms with Gasteiger partial charge in [-0.3, -0.25) is 0 Å². The molecule has 4 nitrogen and oxygen atoms in total. The fraction of sp³-hybridized carbons (Fsp3) is 1.00. The molecule has 0 saturated carbocycles. The molecule has 0 atom stereocenters. The molecule has 0 saturated heterocycles. The lowest BCUT2D eigenvalue weighted by atomic mass is 11.9. The van der Waals surface area contributed by atoms with E-state index in [-0.39, 0.29) is 0 Å². The Balaban J connectivity index is 4.34. The number of hydrogen-bond acceptors (Lipinski definition) is 4. The lowest BCUT2D eigenvalue weighted by molar-refractivity contribution is 0.384. The van der Waals surface area contributed by atoms with E-state index in [9.17, 15) is 8.92 Å². The molecule has 0 aliphatic carbocycles. The Labute approximate surface area is 98.6 Å². The topological polar surface area (TPSA) is 52.6 Å². The molecule has 0 aliphatic rings. The molecule has 0 aromatic rings. The second-order valence-corrected chi connectivity index (χ2v) is 24.2. The van der Waals surface area contributed by atoms with E-state index < -0.39 is 42.1 Å². The van der Waals surface area contributed by atoms with Crippen molar-refractivity contribution in [1.82, 2.24) is 0 Å². The van der Waals surface area contributed by atoms with Crippen LogP contribution in [0.4, 0.5) is 0 Å². The maximum Gasteiger partial charge on any atom is 0.525 e. The summed E-state index contributed by atoms with van der Waals surface area (Å²) in [5.74, 6) is 0. The molecular weight excluding hydrogens is 276 g/mol. The molecule has 0 N–H and O–H groups in total. The standard InChI is InChI=1S/C6H20O4Si5/c1-11(2)9-15(5,6)10-13(7)14(8)12(3)4/h11-12H,1-6H3. The first kappa shape index (κ1) is 15.4. The second kappa shape index (κ2) is 6.25. The second-order valence-electron chi connectivity index (χ2n) is 4.47. The summed E-state index contributed by atoms with van der Waals surface area (Å²) in [6, 6.07) is 0. The van der Waals surface area contributed by atoms with Gasteiger partial charge in [0.2, 0.25) is 0 Å². The minimum atomic E-state index is -2.35. The average molecular weight is 297 g/mol. The van der Waals surface area contributed by atoms with Gasteiger partial charge in [0.25, 0.3) is 0 Å². The van der Waals surface area contributed by atoms with Crippen LogP contribution >= 0.6 is 0 Å². The third-order valence-electron chi connectivity index (χ3n) is 1.58. The lowest BCUT2D eigenvalue weighted by Gasteiger charge is -2.25. The Kier molecular flexibility index (Phi) is 6.43. The smallest absolute Gasteiger partial charge is 0.525 e.